The molecule has 0 aliphatic carbocycles. The number of aromatic nitrogens is 3. The van der Waals surface area contributed by atoms with Gasteiger partial charge in [-0.1, -0.05) is 42.5 Å². The number of hydrogen-bond donors (Lipinski definition) is 2. The number of likely N-dealkylation sites (N-methyl/N-ethyl adjacent to an activating group) is 1. The van der Waals surface area contributed by atoms with Gasteiger partial charge in [-0.05, 0) is 36.7 Å². The van der Waals surface area contributed by atoms with Crippen LogP contribution in [0.25, 0.3) is 16.6 Å². The van der Waals surface area contributed by atoms with Crippen LogP contribution in [0.15, 0.2) is 65.9 Å². The van der Waals surface area contributed by atoms with E-state index in [1.165, 1.54) is 6.33 Å². The van der Waals surface area contributed by atoms with Crippen LogP contribution in [0.2, 0.25) is 0 Å². The molecule has 2 fully saturated rings. The van der Waals surface area contributed by atoms with Crippen molar-refractivity contribution in [2.45, 2.75) is 18.9 Å². The van der Waals surface area contributed by atoms with Crippen LogP contribution in [-0.4, -0.2) is 94.3 Å². The Hall–Kier alpha value is -4.28. The summed E-state index contributed by atoms with van der Waals surface area (Å²) in [5.74, 6) is 0.766. The lowest BCUT2D eigenvalue weighted by Gasteiger charge is -2.32. The maximum atomic E-state index is 13.1. The summed E-state index contributed by atoms with van der Waals surface area (Å²) in [6, 6.07) is 18.2. The number of rotatable bonds is 7. The first-order valence-electron chi connectivity index (χ1n) is 14.2. The van der Waals surface area contributed by atoms with Crippen LogP contribution < -0.4 is 11.5 Å². The van der Waals surface area contributed by atoms with E-state index in [0.29, 0.717) is 31.1 Å². The summed E-state index contributed by atoms with van der Waals surface area (Å²) in [6.07, 6.45) is 4.18. The van der Waals surface area contributed by atoms with Gasteiger partial charge in [-0.2, -0.15) is 5.10 Å². The standard InChI is InChI=1S/C31H37N9O/c1-37-11-13-38(14-12-37)20-29(41)39-10-9-25(19-39)28-16-26(30-31(33)35-21-36-40(28)30)23-7-8-24(27(32)15-23)18-34-17-22-5-3-2-4-6-22/h2-8,15-16,18,21,25H,9-14,17,19-20,32H2,1H3,(H2,33,35,36). The Morgan fingerprint density at radius 1 is 1.05 bits per heavy atom. The van der Waals surface area contributed by atoms with Gasteiger partial charge in [-0.25, -0.2) is 9.50 Å². The molecular formula is C31H37N9O. The van der Waals surface area contributed by atoms with Crippen molar-refractivity contribution < 1.29 is 4.79 Å². The SMILES string of the molecule is CN1CCN(CC(=O)N2CCC(c3cc(-c4ccc(C=NCc5ccccc5)c(N)c4)c4c(N)ncnn34)C2)CC1. The lowest BCUT2D eigenvalue weighted by atomic mass is 10.0. The van der Waals surface area contributed by atoms with E-state index in [2.05, 4.69) is 50.1 Å². The van der Waals surface area contributed by atoms with Gasteiger partial charge in [0.1, 0.15) is 11.8 Å². The summed E-state index contributed by atoms with van der Waals surface area (Å²) in [4.78, 5) is 28.5. The fourth-order valence-corrected chi connectivity index (χ4v) is 5.82. The van der Waals surface area contributed by atoms with E-state index in [1.54, 1.807) is 0 Å². The second-order valence-corrected chi connectivity index (χ2v) is 11.1. The number of benzene rings is 2. The Bertz CT molecular complexity index is 1560. The third kappa shape index (κ3) is 5.79. The number of nitrogens with two attached hydrogens (primary N) is 2. The topological polar surface area (TPSA) is 121 Å². The summed E-state index contributed by atoms with van der Waals surface area (Å²) in [7, 11) is 2.13. The lowest BCUT2D eigenvalue weighted by Crippen LogP contribution is -2.48. The number of carbonyl (C=O) groups excluding carboxylic acids is 1. The van der Waals surface area contributed by atoms with Gasteiger partial charge >= 0.3 is 0 Å². The highest BCUT2D eigenvalue weighted by Crippen LogP contribution is 2.37. The van der Waals surface area contributed by atoms with Crippen LogP contribution >= 0.6 is 0 Å². The van der Waals surface area contributed by atoms with Gasteiger partial charge in [0.2, 0.25) is 5.91 Å². The van der Waals surface area contributed by atoms with Gasteiger partial charge in [0.05, 0.1) is 13.1 Å². The Labute approximate surface area is 240 Å². The molecule has 4 N–H and O–H groups in total. The van der Waals surface area contributed by atoms with E-state index in [-0.39, 0.29) is 11.8 Å². The first-order valence-corrected chi connectivity index (χ1v) is 14.2. The van der Waals surface area contributed by atoms with Gasteiger partial charge in [0.25, 0.3) is 0 Å². The second kappa shape index (κ2) is 11.7. The molecule has 0 bridgehead atoms. The van der Waals surface area contributed by atoms with Crippen molar-refractivity contribution in [2.75, 3.05) is 64.3 Å². The molecule has 10 nitrogen and oxygen atoms in total. The van der Waals surface area contributed by atoms with E-state index >= 15 is 0 Å². The summed E-state index contributed by atoms with van der Waals surface area (Å²) in [6.45, 7) is 6.36. The molecular weight excluding hydrogens is 514 g/mol. The fraction of sp³-hybridized carbons (Fsp3) is 0.355. The average Bonchev–Trinajstić information content (AvgIpc) is 3.62. The summed E-state index contributed by atoms with van der Waals surface area (Å²) in [5.41, 5.74) is 19.2. The van der Waals surface area contributed by atoms with E-state index in [4.69, 9.17) is 11.5 Å². The van der Waals surface area contributed by atoms with Crippen molar-refractivity contribution in [3.63, 3.8) is 0 Å². The molecule has 212 valence electrons. The Kier molecular flexibility index (Phi) is 7.67. The number of fused-ring (bicyclic) bond motifs is 1. The third-order valence-electron chi connectivity index (χ3n) is 8.27. The smallest absolute Gasteiger partial charge is 0.236 e. The molecule has 2 aliphatic heterocycles. The van der Waals surface area contributed by atoms with Crippen molar-refractivity contribution in [1.29, 1.82) is 0 Å². The first-order chi connectivity index (χ1) is 20.0. The molecule has 6 rings (SSSR count). The summed E-state index contributed by atoms with van der Waals surface area (Å²) < 4.78 is 1.89. The molecule has 4 aromatic rings. The number of nitrogens with zero attached hydrogens (tertiary/aromatic N) is 7. The molecule has 1 atom stereocenters. The van der Waals surface area contributed by atoms with E-state index < -0.39 is 0 Å². The Morgan fingerprint density at radius 3 is 2.63 bits per heavy atom. The van der Waals surface area contributed by atoms with Crippen molar-refractivity contribution >= 4 is 29.1 Å². The van der Waals surface area contributed by atoms with Crippen LogP contribution in [0.5, 0.6) is 0 Å². The van der Waals surface area contributed by atoms with Gasteiger partial charge in [0, 0.05) is 73.9 Å². The molecule has 4 heterocycles. The van der Waals surface area contributed by atoms with Crippen LogP contribution in [0.1, 0.15) is 29.2 Å². The summed E-state index contributed by atoms with van der Waals surface area (Å²) in [5, 5.41) is 4.57. The van der Waals surface area contributed by atoms with Crippen molar-refractivity contribution in [3.8, 4) is 11.1 Å². The van der Waals surface area contributed by atoms with Gasteiger partial charge < -0.3 is 21.3 Å². The van der Waals surface area contributed by atoms with Crippen molar-refractivity contribution in [1.82, 2.24) is 29.3 Å². The molecule has 0 saturated carbocycles. The van der Waals surface area contributed by atoms with Crippen LogP contribution in [0.4, 0.5) is 11.5 Å². The number of hydrogen-bond acceptors (Lipinski definition) is 8. The van der Waals surface area contributed by atoms with Crippen LogP contribution in [-0.2, 0) is 11.3 Å². The molecule has 0 spiro atoms. The largest absolute Gasteiger partial charge is 0.398 e. The number of amides is 1. The van der Waals surface area contributed by atoms with Gasteiger partial charge in [-0.15, -0.1) is 0 Å². The normalized spacial score (nSPS) is 18.6. The lowest BCUT2D eigenvalue weighted by molar-refractivity contribution is -0.131. The van der Waals surface area contributed by atoms with E-state index in [9.17, 15) is 4.79 Å². The van der Waals surface area contributed by atoms with Gasteiger partial charge in [-0.3, -0.25) is 14.7 Å². The Morgan fingerprint density at radius 2 is 1.85 bits per heavy atom. The maximum Gasteiger partial charge on any atom is 0.236 e. The predicted octanol–water partition coefficient (Wildman–Crippen LogP) is 2.74. The quantitative estimate of drug-likeness (QED) is 0.268. The van der Waals surface area contributed by atoms with Crippen molar-refractivity contribution in [3.05, 3.63) is 77.7 Å². The monoisotopic (exact) mass is 551 g/mol. The van der Waals surface area contributed by atoms with Crippen LogP contribution in [0.3, 0.4) is 0 Å². The van der Waals surface area contributed by atoms with E-state index in [1.807, 2.05) is 52.0 Å². The minimum Gasteiger partial charge on any atom is -0.398 e. The highest BCUT2D eigenvalue weighted by Gasteiger charge is 2.31. The number of aliphatic imine (C=N–C) groups is 1. The molecule has 41 heavy (non-hydrogen) atoms. The first kappa shape index (κ1) is 26.9. The molecule has 0 radical (unpaired) electrons. The second-order valence-electron chi connectivity index (χ2n) is 11.1. The van der Waals surface area contributed by atoms with Gasteiger partial charge in [0.15, 0.2) is 5.82 Å². The Balaban J connectivity index is 1.21. The molecule has 1 unspecified atom stereocenters. The molecule has 2 saturated heterocycles. The number of carbonyl (C=O) groups is 1. The number of piperazine rings is 1. The number of likely N-dealkylation sites (tertiary alicyclic amines) is 1. The zero-order valence-electron chi connectivity index (χ0n) is 23.5. The van der Waals surface area contributed by atoms with E-state index in [0.717, 1.165) is 72.6 Å². The predicted molar refractivity (Wildman–Crippen MR) is 163 cm³/mol. The molecule has 10 heteroatoms. The third-order valence-corrected chi connectivity index (χ3v) is 8.27. The number of nitrogen functional groups attached to an aromatic ring is 2. The molecule has 2 aromatic carbocycles. The average molecular weight is 552 g/mol. The minimum absolute atomic E-state index is 0.156. The molecule has 1 amide bonds. The number of anilines is 2. The highest BCUT2D eigenvalue weighted by atomic mass is 16.2. The minimum atomic E-state index is 0.156. The van der Waals surface area contributed by atoms with Crippen LogP contribution in [0, 0.1) is 0 Å². The highest BCUT2D eigenvalue weighted by molar-refractivity contribution is 5.93. The summed E-state index contributed by atoms with van der Waals surface area (Å²) >= 11 is 0. The molecule has 2 aromatic heterocycles. The zero-order valence-corrected chi connectivity index (χ0v) is 23.5. The molecule has 2 aliphatic rings. The zero-order chi connectivity index (χ0) is 28.3. The van der Waals surface area contributed by atoms with Crippen molar-refractivity contribution in [2.24, 2.45) is 4.99 Å². The maximum absolute atomic E-state index is 13.1. The fourth-order valence-electron chi connectivity index (χ4n) is 5.82.